The molecule has 176 valence electrons. The molecule has 0 saturated carbocycles. The number of aromatic amines is 1. The number of hydrogen-bond donors (Lipinski definition) is 3. The van der Waals surface area contributed by atoms with Gasteiger partial charge >= 0.3 is 0 Å². The second kappa shape index (κ2) is 11.4. The molecule has 1 aromatic heterocycles. The molecule has 0 fully saturated rings. The molecule has 3 rings (SSSR count). The van der Waals surface area contributed by atoms with Crippen molar-refractivity contribution in [3.8, 4) is 0 Å². The second-order valence-corrected chi connectivity index (χ2v) is 9.14. The number of allylic oxidation sites excluding steroid dienone is 1. The van der Waals surface area contributed by atoms with Crippen molar-refractivity contribution in [1.29, 1.82) is 0 Å². The topological polar surface area (TPSA) is 77.2 Å². The number of hydrogen-bond acceptors (Lipinski definition) is 4. The van der Waals surface area contributed by atoms with Crippen molar-refractivity contribution in [2.75, 3.05) is 37.2 Å². The first-order chi connectivity index (χ1) is 15.9. The Morgan fingerprint density at radius 2 is 1.97 bits per heavy atom. The van der Waals surface area contributed by atoms with Crippen LogP contribution in [0, 0.1) is 13.8 Å². The summed E-state index contributed by atoms with van der Waals surface area (Å²) in [6, 6.07) is 6.04. The first kappa shape index (κ1) is 24.9. The molecule has 1 aliphatic heterocycles. The average Bonchev–Trinajstić information content (AvgIpc) is 3.26. The normalized spacial score (nSPS) is 14.4. The van der Waals surface area contributed by atoms with E-state index in [1.807, 2.05) is 45.1 Å². The number of aromatic nitrogens is 1. The van der Waals surface area contributed by atoms with Crippen LogP contribution in [0.15, 0.2) is 35.2 Å². The predicted octanol–water partition coefficient (Wildman–Crippen LogP) is 4.86. The number of thioether (sulfide) groups is 1. The molecule has 2 aromatic rings. The lowest BCUT2D eigenvalue weighted by molar-refractivity contribution is -0.110. The summed E-state index contributed by atoms with van der Waals surface area (Å²) in [7, 11) is 0. The van der Waals surface area contributed by atoms with Crippen molar-refractivity contribution in [3.05, 3.63) is 58.4 Å². The van der Waals surface area contributed by atoms with Crippen molar-refractivity contribution >= 4 is 40.9 Å². The number of anilines is 1. The van der Waals surface area contributed by atoms with E-state index in [1.165, 1.54) is 0 Å². The fourth-order valence-electron chi connectivity index (χ4n) is 4.00. The number of rotatable bonds is 10. The largest absolute Gasteiger partial charge is 0.358 e. The number of amides is 2. The Morgan fingerprint density at radius 3 is 2.67 bits per heavy atom. The minimum Gasteiger partial charge on any atom is -0.358 e. The van der Waals surface area contributed by atoms with E-state index >= 15 is 0 Å². The second-order valence-electron chi connectivity index (χ2n) is 8.05. The third kappa shape index (κ3) is 5.78. The van der Waals surface area contributed by atoms with Crippen LogP contribution < -0.4 is 10.6 Å². The highest BCUT2D eigenvalue weighted by molar-refractivity contribution is 7.99. The minimum atomic E-state index is -0.127. The van der Waals surface area contributed by atoms with Gasteiger partial charge in [-0.3, -0.25) is 9.59 Å². The molecule has 0 aliphatic carbocycles. The van der Waals surface area contributed by atoms with E-state index in [0.717, 1.165) is 58.5 Å². The molecule has 33 heavy (non-hydrogen) atoms. The summed E-state index contributed by atoms with van der Waals surface area (Å²) in [6.07, 6.45) is 6.00. The van der Waals surface area contributed by atoms with Crippen molar-refractivity contribution in [2.24, 2.45) is 0 Å². The highest BCUT2D eigenvalue weighted by atomic mass is 32.2. The molecule has 1 aromatic carbocycles. The van der Waals surface area contributed by atoms with Crippen molar-refractivity contribution < 1.29 is 9.59 Å². The smallest absolute Gasteiger partial charge is 0.256 e. The summed E-state index contributed by atoms with van der Waals surface area (Å²) in [5, 5.41) is 5.98. The Balaban J connectivity index is 1.83. The van der Waals surface area contributed by atoms with E-state index < -0.39 is 0 Å². The molecule has 0 radical (unpaired) electrons. The number of nitrogens with one attached hydrogen (secondary N) is 3. The van der Waals surface area contributed by atoms with Crippen LogP contribution in [0.2, 0.25) is 0 Å². The highest BCUT2D eigenvalue weighted by Gasteiger charge is 2.26. The molecule has 7 heteroatoms. The van der Waals surface area contributed by atoms with Crippen molar-refractivity contribution in [2.45, 2.75) is 39.5 Å². The molecular weight excluding hydrogens is 432 g/mol. The summed E-state index contributed by atoms with van der Waals surface area (Å²) in [5.41, 5.74) is 5.40. The number of carbonyl (C=O) groups is 2. The third-order valence-electron chi connectivity index (χ3n) is 5.96. The van der Waals surface area contributed by atoms with Gasteiger partial charge in [0.2, 0.25) is 0 Å². The summed E-state index contributed by atoms with van der Waals surface area (Å²) >= 11 is 1.73. The van der Waals surface area contributed by atoms with E-state index in [2.05, 4.69) is 46.5 Å². The number of nitrogens with zero attached hydrogens (tertiary/aromatic N) is 1. The molecule has 3 N–H and O–H groups in total. The number of fused-ring (bicyclic) bond motifs is 1. The van der Waals surface area contributed by atoms with Crippen LogP contribution in [-0.4, -0.2) is 53.6 Å². The van der Waals surface area contributed by atoms with Crippen LogP contribution in [0.5, 0.6) is 0 Å². The number of benzene rings is 1. The maximum Gasteiger partial charge on any atom is 0.256 e. The third-order valence-corrected chi connectivity index (χ3v) is 6.90. The van der Waals surface area contributed by atoms with Crippen LogP contribution in [0.25, 0.3) is 11.6 Å². The van der Waals surface area contributed by atoms with Gasteiger partial charge < -0.3 is 20.5 Å². The number of aryl methyl sites for hydroxylation is 1. The fourth-order valence-corrected chi connectivity index (χ4v) is 4.85. The maximum atomic E-state index is 12.9. The Labute approximate surface area is 200 Å². The zero-order valence-corrected chi connectivity index (χ0v) is 21.0. The van der Waals surface area contributed by atoms with Crippen LogP contribution in [0.4, 0.5) is 5.69 Å². The molecule has 1 aliphatic rings. The molecular formula is C26H34N4O2S. The predicted molar refractivity (Wildman–Crippen MR) is 139 cm³/mol. The number of likely N-dealkylation sites (N-methyl/N-ethyl adjacent to an activating group) is 1. The molecule has 0 atom stereocenters. The number of H-pyrrole nitrogens is 1. The Bertz CT molecular complexity index is 1080. The lowest BCUT2D eigenvalue weighted by Gasteiger charge is -2.18. The van der Waals surface area contributed by atoms with E-state index in [0.29, 0.717) is 17.7 Å². The van der Waals surface area contributed by atoms with Gasteiger partial charge in [-0.15, -0.1) is 11.8 Å². The molecule has 2 heterocycles. The van der Waals surface area contributed by atoms with Crippen LogP contribution >= 0.6 is 11.8 Å². The lowest BCUT2D eigenvalue weighted by atomic mass is 10.0. The molecule has 0 bridgehead atoms. The molecule has 0 saturated heterocycles. The highest BCUT2D eigenvalue weighted by Crippen LogP contribution is 2.36. The van der Waals surface area contributed by atoms with Gasteiger partial charge in [0.15, 0.2) is 0 Å². The van der Waals surface area contributed by atoms with Gasteiger partial charge in [0.1, 0.15) is 0 Å². The van der Waals surface area contributed by atoms with Crippen LogP contribution in [0.1, 0.15) is 53.6 Å². The van der Waals surface area contributed by atoms with Crippen LogP contribution in [0.3, 0.4) is 0 Å². The van der Waals surface area contributed by atoms with E-state index in [-0.39, 0.29) is 11.8 Å². The summed E-state index contributed by atoms with van der Waals surface area (Å²) in [5.74, 6) is 0.673. The van der Waals surface area contributed by atoms with Gasteiger partial charge in [0, 0.05) is 46.4 Å². The SMILES string of the molecule is C/C=C/CSc1ccc2c(c1)/C(=C/c1[nH]c(C)c(C(=O)NCCN(CC)CC)c1C)C(=O)N2. The van der Waals surface area contributed by atoms with Gasteiger partial charge in [-0.05, 0) is 63.7 Å². The first-order valence-corrected chi connectivity index (χ1v) is 12.5. The van der Waals surface area contributed by atoms with Gasteiger partial charge in [0.05, 0.1) is 11.1 Å². The Kier molecular flexibility index (Phi) is 8.58. The van der Waals surface area contributed by atoms with Crippen molar-refractivity contribution in [3.63, 3.8) is 0 Å². The number of carbonyl (C=O) groups excluding carboxylic acids is 2. The molecule has 2 amide bonds. The van der Waals surface area contributed by atoms with Gasteiger partial charge in [-0.2, -0.15) is 0 Å². The minimum absolute atomic E-state index is 0.0861. The van der Waals surface area contributed by atoms with E-state index in [9.17, 15) is 9.59 Å². The Morgan fingerprint density at radius 1 is 1.21 bits per heavy atom. The monoisotopic (exact) mass is 466 g/mol. The summed E-state index contributed by atoms with van der Waals surface area (Å²) in [4.78, 5) is 32.3. The molecule has 0 unspecified atom stereocenters. The van der Waals surface area contributed by atoms with E-state index in [1.54, 1.807) is 11.8 Å². The van der Waals surface area contributed by atoms with E-state index in [4.69, 9.17) is 0 Å². The Hall–Kier alpha value is -2.77. The summed E-state index contributed by atoms with van der Waals surface area (Å²) in [6.45, 7) is 13.4. The van der Waals surface area contributed by atoms with Crippen molar-refractivity contribution in [1.82, 2.24) is 15.2 Å². The zero-order valence-electron chi connectivity index (χ0n) is 20.2. The van der Waals surface area contributed by atoms with Gasteiger partial charge in [0.25, 0.3) is 11.8 Å². The van der Waals surface area contributed by atoms with Crippen LogP contribution in [-0.2, 0) is 4.79 Å². The summed E-state index contributed by atoms with van der Waals surface area (Å²) < 4.78 is 0. The van der Waals surface area contributed by atoms with Gasteiger partial charge in [-0.25, -0.2) is 0 Å². The molecule has 0 spiro atoms. The first-order valence-electron chi connectivity index (χ1n) is 11.5. The standard InChI is InChI=1S/C26H34N4O2S/c1-6-9-14-33-19-10-11-22-20(15-19)21(25(31)29-22)16-23-17(4)24(18(5)28-23)26(32)27-12-13-30(7-2)8-3/h6,9-11,15-16,28H,7-8,12-14H2,1-5H3,(H,27,32)(H,29,31)/b9-6+,21-16-. The molecule has 6 nitrogen and oxygen atoms in total. The quantitative estimate of drug-likeness (QED) is 0.265. The maximum absolute atomic E-state index is 12.9. The average molecular weight is 467 g/mol. The fraction of sp³-hybridized carbons (Fsp3) is 0.385. The lowest BCUT2D eigenvalue weighted by Crippen LogP contribution is -2.35. The zero-order chi connectivity index (χ0) is 24.0. The van der Waals surface area contributed by atoms with Gasteiger partial charge in [-0.1, -0.05) is 26.0 Å².